The Bertz CT molecular complexity index is 1380. The fraction of sp³-hybridized carbons (Fsp3) is 0.179. The van der Waals surface area contributed by atoms with Gasteiger partial charge in [0.2, 0.25) is 0 Å². The molecule has 0 radical (unpaired) electrons. The van der Waals surface area contributed by atoms with E-state index in [-0.39, 0.29) is 17.7 Å². The number of carbonyl (C=O) groups excluding carboxylic acids is 2. The number of amides is 2. The first-order chi connectivity index (χ1) is 17.9. The lowest BCUT2D eigenvalue weighted by Gasteiger charge is -2.29. The molecule has 4 rings (SSSR count). The van der Waals surface area contributed by atoms with Crippen LogP contribution >= 0.6 is 0 Å². The van der Waals surface area contributed by atoms with Crippen LogP contribution in [0.5, 0.6) is 5.75 Å². The molecule has 1 heterocycles. The first kappa shape index (κ1) is 25.4. The summed E-state index contributed by atoms with van der Waals surface area (Å²) in [4.78, 5) is 25.9. The second kappa shape index (κ2) is 11.4. The number of urea groups is 1. The summed E-state index contributed by atoms with van der Waals surface area (Å²) >= 11 is 0. The second-order valence-electron chi connectivity index (χ2n) is 8.33. The topological polar surface area (TPSA) is 100 Å². The third-order valence-electron chi connectivity index (χ3n) is 5.92. The van der Waals surface area contributed by atoms with Crippen LogP contribution in [-0.2, 0) is 22.6 Å². The summed E-state index contributed by atoms with van der Waals surface area (Å²) in [6.45, 7) is -0.215. The molecule has 0 aromatic heterocycles. The van der Waals surface area contributed by atoms with Crippen LogP contribution in [0.2, 0.25) is 0 Å². The van der Waals surface area contributed by atoms with Gasteiger partial charge in [-0.15, -0.1) is 0 Å². The van der Waals surface area contributed by atoms with Crippen molar-refractivity contribution in [3.05, 3.63) is 112 Å². The first-order valence-electron chi connectivity index (χ1n) is 11.4. The van der Waals surface area contributed by atoms with Crippen molar-refractivity contribution in [1.82, 2.24) is 10.6 Å². The highest BCUT2D eigenvalue weighted by Gasteiger charge is 2.33. The summed E-state index contributed by atoms with van der Waals surface area (Å²) in [7, 11) is 1.57. The quantitative estimate of drug-likeness (QED) is 0.429. The number of hydrogen-bond donors (Lipinski definition) is 2. The Balaban J connectivity index is 1.63. The van der Waals surface area contributed by atoms with Crippen LogP contribution in [0.25, 0.3) is 0 Å². The predicted molar refractivity (Wildman–Crippen MR) is 130 cm³/mol. The summed E-state index contributed by atoms with van der Waals surface area (Å²) in [6.07, 6.45) is 0.826. The molecule has 9 heteroatoms. The maximum absolute atomic E-state index is 13.7. The van der Waals surface area contributed by atoms with Crippen molar-refractivity contribution < 1.29 is 27.8 Å². The first-order valence-corrected chi connectivity index (χ1v) is 11.4. The van der Waals surface area contributed by atoms with Gasteiger partial charge in [0, 0.05) is 5.70 Å². The molecule has 0 saturated heterocycles. The number of hydrogen-bond acceptors (Lipinski definition) is 5. The third kappa shape index (κ3) is 6.11. The molecule has 7 nitrogen and oxygen atoms in total. The maximum atomic E-state index is 13.7. The number of ether oxygens (including phenoxy) is 2. The molecular formula is C28H23F2N3O4. The number of methoxy groups -OCH3 is 1. The lowest BCUT2D eigenvalue weighted by Crippen LogP contribution is -2.46. The van der Waals surface area contributed by atoms with E-state index < -0.39 is 29.7 Å². The van der Waals surface area contributed by atoms with Crippen LogP contribution in [-0.4, -0.2) is 19.1 Å². The number of benzene rings is 3. The van der Waals surface area contributed by atoms with Gasteiger partial charge >= 0.3 is 12.0 Å². The van der Waals surface area contributed by atoms with Crippen LogP contribution in [0.15, 0.2) is 78.0 Å². The summed E-state index contributed by atoms with van der Waals surface area (Å²) in [5.74, 6) is -1.13. The van der Waals surface area contributed by atoms with Gasteiger partial charge in [0.1, 0.15) is 30.1 Å². The van der Waals surface area contributed by atoms with Gasteiger partial charge in [0.05, 0.1) is 24.3 Å². The number of esters is 1. The summed E-state index contributed by atoms with van der Waals surface area (Å²) in [6, 6.07) is 17.1. The maximum Gasteiger partial charge on any atom is 0.338 e. The van der Waals surface area contributed by atoms with E-state index in [0.717, 1.165) is 11.6 Å². The molecule has 3 aromatic carbocycles. The Morgan fingerprint density at radius 2 is 1.70 bits per heavy atom. The Morgan fingerprint density at radius 1 is 1.00 bits per heavy atom. The SMILES string of the molecule is COc1ccc(CCC2=C(C(=O)OCc3ccc(F)c(C#N)c3)C(c3ccc(F)cc3)NC(=O)N2)cc1. The number of nitriles is 1. The Labute approximate surface area is 212 Å². The Morgan fingerprint density at radius 3 is 2.38 bits per heavy atom. The van der Waals surface area contributed by atoms with E-state index >= 15 is 0 Å². The summed E-state index contributed by atoms with van der Waals surface area (Å²) in [5.41, 5.74) is 2.26. The van der Waals surface area contributed by atoms with E-state index in [2.05, 4.69) is 10.6 Å². The van der Waals surface area contributed by atoms with Gasteiger partial charge in [-0.25, -0.2) is 18.4 Å². The van der Waals surface area contributed by atoms with Gasteiger partial charge in [0.15, 0.2) is 0 Å². The number of halogens is 2. The number of nitrogens with zero attached hydrogens (tertiary/aromatic N) is 1. The van der Waals surface area contributed by atoms with Crippen molar-refractivity contribution in [1.29, 1.82) is 5.26 Å². The van der Waals surface area contributed by atoms with Crippen molar-refractivity contribution in [3.8, 4) is 11.8 Å². The predicted octanol–water partition coefficient (Wildman–Crippen LogP) is 4.83. The second-order valence-corrected chi connectivity index (χ2v) is 8.33. The van der Waals surface area contributed by atoms with Crippen molar-refractivity contribution in [2.24, 2.45) is 0 Å². The summed E-state index contributed by atoms with van der Waals surface area (Å²) < 4.78 is 37.9. The molecule has 1 atom stereocenters. The largest absolute Gasteiger partial charge is 0.497 e. The van der Waals surface area contributed by atoms with Gasteiger partial charge in [-0.2, -0.15) is 5.26 Å². The lowest BCUT2D eigenvalue weighted by atomic mass is 9.93. The summed E-state index contributed by atoms with van der Waals surface area (Å²) in [5, 5.41) is 14.5. The molecule has 1 unspecified atom stereocenters. The minimum atomic E-state index is -0.879. The highest BCUT2D eigenvalue weighted by Crippen LogP contribution is 2.30. The van der Waals surface area contributed by atoms with Crippen LogP contribution in [0.4, 0.5) is 13.6 Å². The number of aryl methyl sites for hydroxylation is 1. The highest BCUT2D eigenvalue weighted by atomic mass is 19.1. The molecule has 188 valence electrons. The molecule has 1 aliphatic heterocycles. The fourth-order valence-corrected chi connectivity index (χ4v) is 4.00. The number of nitrogens with one attached hydrogen (secondary N) is 2. The van der Waals surface area contributed by atoms with Crippen molar-refractivity contribution in [2.75, 3.05) is 7.11 Å². The number of rotatable bonds is 8. The van der Waals surface area contributed by atoms with E-state index in [1.807, 2.05) is 24.3 Å². The average Bonchev–Trinajstić information content (AvgIpc) is 2.91. The van der Waals surface area contributed by atoms with Crippen LogP contribution in [0.3, 0.4) is 0 Å². The molecule has 2 amide bonds. The molecule has 0 spiro atoms. The van der Waals surface area contributed by atoms with E-state index in [4.69, 9.17) is 14.7 Å². The van der Waals surface area contributed by atoms with Crippen molar-refractivity contribution >= 4 is 12.0 Å². The van der Waals surface area contributed by atoms with E-state index in [1.54, 1.807) is 13.2 Å². The fourth-order valence-electron chi connectivity index (χ4n) is 4.00. The molecule has 0 fully saturated rings. The van der Waals surface area contributed by atoms with E-state index in [1.165, 1.54) is 36.4 Å². The normalized spacial score (nSPS) is 14.9. The van der Waals surface area contributed by atoms with Gasteiger partial charge in [0.25, 0.3) is 0 Å². The number of carbonyl (C=O) groups is 2. The zero-order valence-corrected chi connectivity index (χ0v) is 19.9. The Hall–Kier alpha value is -4.71. The van der Waals surface area contributed by atoms with Gasteiger partial charge < -0.3 is 20.1 Å². The van der Waals surface area contributed by atoms with E-state index in [9.17, 15) is 18.4 Å². The molecule has 1 aliphatic rings. The number of allylic oxidation sites excluding steroid dienone is 1. The zero-order chi connectivity index (χ0) is 26.4. The van der Waals surface area contributed by atoms with Crippen LogP contribution in [0.1, 0.15) is 34.7 Å². The standard InChI is InChI=1S/C28H23F2N3O4/c1-36-22-10-2-17(3-11-22)5-13-24-25(26(33-28(35)32-24)19-6-8-21(29)9-7-19)27(34)37-16-18-4-12-23(30)20(14-18)15-31/h2-4,6-12,14,26H,5,13,16H2,1H3,(H2,32,33,35). The zero-order valence-electron chi connectivity index (χ0n) is 19.9. The third-order valence-corrected chi connectivity index (χ3v) is 5.92. The highest BCUT2D eigenvalue weighted by molar-refractivity contribution is 5.95. The molecule has 0 saturated carbocycles. The van der Waals surface area contributed by atoms with Gasteiger partial charge in [-0.1, -0.05) is 30.3 Å². The molecule has 0 bridgehead atoms. The average molecular weight is 504 g/mol. The molecule has 0 aliphatic carbocycles. The monoisotopic (exact) mass is 503 g/mol. The Kier molecular flexibility index (Phi) is 7.79. The van der Waals surface area contributed by atoms with E-state index in [0.29, 0.717) is 35.4 Å². The van der Waals surface area contributed by atoms with Gasteiger partial charge in [-0.3, -0.25) is 0 Å². The minimum absolute atomic E-state index is 0.163. The van der Waals surface area contributed by atoms with Crippen LogP contribution in [0, 0.1) is 23.0 Å². The van der Waals surface area contributed by atoms with Crippen molar-refractivity contribution in [2.45, 2.75) is 25.5 Å². The minimum Gasteiger partial charge on any atom is -0.497 e. The smallest absolute Gasteiger partial charge is 0.338 e. The van der Waals surface area contributed by atoms with Crippen LogP contribution < -0.4 is 15.4 Å². The molecule has 2 N–H and O–H groups in total. The molecule has 3 aromatic rings. The molecule has 37 heavy (non-hydrogen) atoms. The van der Waals surface area contributed by atoms with Gasteiger partial charge in [-0.05, 0) is 65.9 Å². The van der Waals surface area contributed by atoms with Crippen molar-refractivity contribution in [3.63, 3.8) is 0 Å². The lowest BCUT2D eigenvalue weighted by molar-refractivity contribution is -0.140. The molecular weight excluding hydrogens is 480 g/mol.